The van der Waals surface area contributed by atoms with Gasteiger partial charge in [0.1, 0.15) is 11.9 Å². The number of benzene rings is 4. The number of carbonyl (C=O) groups excluding carboxylic acids is 3. The molecular weight excluding hydrogens is 503 g/mol. The molecule has 5 rings (SSSR count). The minimum absolute atomic E-state index is 0.167. The molecule has 5 nitrogen and oxygen atoms in total. The largest absolute Gasteiger partial charge is 0.351 e. The Morgan fingerprint density at radius 3 is 1.88 bits per heavy atom. The van der Waals surface area contributed by atoms with E-state index in [0.29, 0.717) is 5.56 Å². The van der Waals surface area contributed by atoms with Gasteiger partial charge < -0.3 is 10.2 Å². The van der Waals surface area contributed by atoms with E-state index in [0.717, 1.165) is 11.1 Å². The van der Waals surface area contributed by atoms with E-state index in [1.165, 1.54) is 29.2 Å². The highest BCUT2D eigenvalue weighted by Crippen LogP contribution is 2.51. The van der Waals surface area contributed by atoms with Gasteiger partial charge in [0.05, 0.1) is 12.0 Å². The minimum atomic E-state index is -1.03. The number of rotatable bonds is 8. The molecule has 1 N–H and O–H groups in total. The van der Waals surface area contributed by atoms with Gasteiger partial charge in [0, 0.05) is 23.6 Å². The first kappa shape index (κ1) is 26.8. The number of ketones is 1. The van der Waals surface area contributed by atoms with Crippen LogP contribution in [0.3, 0.4) is 0 Å². The molecular formula is C34H29FN2O3. The molecule has 1 aliphatic heterocycles. The lowest BCUT2D eigenvalue weighted by Gasteiger charge is -2.31. The number of hydrogen-bond acceptors (Lipinski definition) is 3. The molecule has 4 aromatic rings. The van der Waals surface area contributed by atoms with Crippen molar-refractivity contribution in [3.8, 4) is 0 Å². The van der Waals surface area contributed by atoms with E-state index in [9.17, 15) is 18.8 Å². The van der Waals surface area contributed by atoms with Crippen molar-refractivity contribution in [2.24, 2.45) is 5.92 Å². The van der Waals surface area contributed by atoms with E-state index in [-0.39, 0.29) is 17.9 Å². The third-order valence-corrected chi connectivity index (χ3v) is 7.37. The quantitative estimate of drug-likeness (QED) is 0.224. The number of likely N-dealkylation sites (tertiary alicyclic amines) is 1. The molecule has 0 spiro atoms. The second kappa shape index (κ2) is 11.9. The summed E-state index contributed by atoms with van der Waals surface area (Å²) in [6.07, 6.45) is 1.57. The Labute approximate surface area is 233 Å². The average Bonchev–Trinajstić information content (AvgIpc) is 3.37. The van der Waals surface area contributed by atoms with Gasteiger partial charge in [0.15, 0.2) is 5.78 Å². The number of halogens is 1. The van der Waals surface area contributed by atoms with E-state index >= 15 is 0 Å². The Balaban J connectivity index is 1.77. The Morgan fingerprint density at radius 1 is 0.750 bits per heavy atom. The molecule has 4 aromatic carbocycles. The SMILES string of the molecule is C=CCNC(=O)C1C(c2ccccc2)C(C(=O)c2ccccc2)C(c2ccccc2)N1C(=O)c1ccc(F)cc1. The standard InChI is InChI=1S/C34H29FN2O3/c1-2-22-36-33(39)31-28(23-12-6-3-7-13-23)29(32(38)25-16-10-5-11-17-25)30(24-14-8-4-9-15-24)37(31)34(40)26-18-20-27(35)21-19-26/h2-21,28-31H,1,22H2,(H,36,39). The van der Waals surface area contributed by atoms with Crippen molar-refractivity contribution in [3.05, 3.63) is 156 Å². The van der Waals surface area contributed by atoms with E-state index in [4.69, 9.17) is 0 Å². The minimum Gasteiger partial charge on any atom is -0.351 e. The molecule has 0 aliphatic carbocycles. The van der Waals surface area contributed by atoms with Crippen LogP contribution in [-0.2, 0) is 4.79 Å². The first-order valence-electron chi connectivity index (χ1n) is 13.2. The topological polar surface area (TPSA) is 66.5 Å². The number of carbonyl (C=O) groups is 3. The highest BCUT2D eigenvalue weighted by molar-refractivity contribution is 6.04. The van der Waals surface area contributed by atoms with Gasteiger partial charge in [-0.3, -0.25) is 14.4 Å². The van der Waals surface area contributed by atoms with Gasteiger partial charge in [0.2, 0.25) is 5.91 Å². The van der Waals surface area contributed by atoms with Crippen molar-refractivity contribution in [1.82, 2.24) is 10.2 Å². The summed E-state index contributed by atoms with van der Waals surface area (Å²) in [6.45, 7) is 3.90. The summed E-state index contributed by atoms with van der Waals surface area (Å²) in [5.74, 6) is -2.94. The van der Waals surface area contributed by atoms with Gasteiger partial charge in [-0.1, -0.05) is 97.1 Å². The molecule has 0 radical (unpaired) electrons. The van der Waals surface area contributed by atoms with Gasteiger partial charge in [0.25, 0.3) is 5.91 Å². The van der Waals surface area contributed by atoms with E-state index in [1.54, 1.807) is 30.3 Å². The van der Waals surface area contributed by atoms with Gasteiger partial charge >= 0.3 is 0 Å². The fourth-order valence-corrected chi connectivity index (χ4v) is 5.66. The molecule has 1 saturated heterocycles. The van der Waals surface area contributed by atoms with Crippen LogP contribution in [0.4, 0.5) is 4.39 Å². The van der Waals surface area contributed by atoms with Crippen molar-refractivity contribution in [2.75, 3.05) is 6.54 Å². The molecule has 1 heterocycles. The van der Waals surface area contributed by atoms with Crippen molar-refractivity contribution in [2.45, 2.75) is 18.0 Å². The molecule has 6 heteroatoms. The monoisotopic (exact) mass is 532 g/mol. The van der Waals surface area contributed by atoms with Gasteiger partial charge in [-0.2, -0.15) is 0 Å². The Kier molecular flexibility index (Phi) is 7.97. The average molecular weight is 533 g/mol. The van der Waals surface area contributed by atoms with Crippen LogP contribution in [0.1, 0.15) is 43.8 Å². The molecule has 0 aromatic heterocycles. The number of Topliss-reactive ketones (excluding diaryl/α,β-unsaturated/α-hetero) is 1. The van der Waals surface area contributed by atoms with Crippen molar-refractivity contribution in [1.29, 1.82) is 0 Å². The van der Waals surface area contributed by atoms with Crippen molar-refractivity contribution >= 4 is 17.6 Å². The zero-order valence-electron chi connectivity index (χ0n) is 21.8. The van der Waals surface area contributed by atoms with E-state index in [1.807, 2.05) is 66.7 Å². The molecule has 4 unspecified atom stereocenters. The first-order chi connectivity index (χ1) is 19.5. The molecule has 1 aliphatic rings. The summed E-state index contributed by atoms with van der Waals surface area (Å²) >= 11 is 0. The normalized spacial score (nSPS) is 20.1. The molecule has 0 bridgehead atoms. The highest BCUT2D eigenvalue weighted by Gasteiger charge is 2.57. The summed E-state index contributed by atoms with van der Waals surface area (Å²) < 4.78 is 13.8. The van der Waals surface area contributed by atoms with Crippen molar-refractivity contribution in [3.63, 3.8) is 0 Å². The molecule has 0 saturated carbocycles. The summed E-state index contributed by atoms with van der Waals surface area (Å²) in [5.41, 5.74) is 2.22. The summed E-state index contributed by atoms with van der Waals surface area (Å²) in [6, 6.07) is 31.1. The molecule has 200 valence electrons. The smallest absolute Gasteiger partial charge is 0.255 e. The predicted molar refractivity (Wildman–Crippen MR) is 152 cm³/mol. The van der Waals surface area contributed by atoms with Gasteiger partial charge in [-0.05, 0) is 35.4 Å². The Bertz CT molecular complexity index is 1490. The van der Waals surface area contributed by atoms with Crippen LogP contribution >= 0.6 is 0 Å². The zero-order valence-corrected chi connectivity index (χ0v) is 21.8. The van der Waals surface area contributed by atoms with Crippen LogP contribution in [-0.4, -0.2) is 35.1 Å². The van der Waals surface area contributed by atoms with Crippen LogP contribution in [0.25, 0.3) is 0 Å². The van der Waals surface area contributed by atoms with Crippen LogP contribution in [0.2, 0.25) is 0 Å². The van der Waals surface area contributed by atoms with Crippen LogP contribution in [0, 0.1) is 11.7 Å². The zero-order chi connectivity index (χ0) is 28.1. The molecule has 40 heavy (non-hydrogen) atoms. The number of amides is 2. The van der Waals surface area contributed by atoms with E-state index < -0.39 is 41.6 Å². The maximum Gasteiger partial charge on any atom is 0.255 e. The molecule has 4 atom stereocenters. The lowest BCUT2D eigenvalue weighted by molar-refractivity contribution is -0.125. The third kappa shape index (κ3) is 5.21. The van der Waals surface area contributed by atoms with Gasteiger partial charge in [-0.15, -0.1) is 6.58 Å². The first-order valence-corrected chi connectivity index (χ1v) is 13.2. The highest BCUT2D eigenvalue weighted by atomic mass is 19.1. The van der Waals surface area contributed by atoms with Crippen LogP contribution in [0.15, 0.2) is 128 Å². The lowest BCUT2D eigenvalue weighted by atomic mass is 9.76. The maximum absolute atomic E-state index is 14.4. The number of nitrogens with one attached hydrogen (secondary N) is 1. The number of nitrogens with zero attached hydrogens (tertiary/aromatic N) is 1. The molecule has 1 fully saturated rings. The fourth-order valence-electron chi connectivity index (χ4n) is 5.66. The number of hydrogen-bond donors (Lipinski definition) is 1. The maximum atomic E-state index is 14.4. The summed E-state index contributed by atoms with van der Waals surface area (Å²) in [5, 5.41) is 2.87. The predicted octanol–water partition coefficient (Wildman–Crippen LogP) is 5.98. The fraction of sp³-hybridized carbons (Fsp3) is 0.147. The summed E-state index contributed by atoms with van der Waals surface area (Å²) in [4.78, 5) is 44.2. The van der Waals surface area contributed by atoms with Crippen molar-refractivity contribution < 1.29 is 18.8 Å². The second-order valence-corrected chi connectivity index (χ2v) is 9.75. The second-order valence-electron chi connectivity index (χ2n) is 9.75. The van der Waals surface area contributed by atoms with Gasteiger partial charge in [-0.25, -0.2) is 4.39 Å². The summed E-state index contributed by atoms with van der Waals surface area (Å²) in [7, 11) is 0. The lowest BCUT2D eigenvalue weighted by Crippen LogP contribution is -2.48. The van der Waals surface area contributed by atoms with E-state index in [2.05, 4.69) is 11.9 Å². The Hall–Kier alpha value is -4.84. The van der Waals surface area contributed by atoms with Crippen LogP contribution < -0.4 is 5.32 Å². The molecule has 2 amide bonds. The Morgan fingerprint density at radius 2 is 1.30 bits per heavy atom. The van der Waals surface area contributed by atoms with Crippen LogP contribution in [0.5, 0.6) is 0 Å². The third-order valence-electron chi connectivity index (χ3n) is 7.37.